The van der Waals surface area contributed by atoms with Crippen LogP contribution in [0.15, 0.2) is 54.6 Å². The highest BCUT2D eigenvalue weighted by atomic mass is 16.2. The number of carbonyl (C=O) groups excluding carboxylic acids is 2. The van der Waals surface area contributed by atoms with Crippen LogP contribution in [-0.2, 0) is 9.59 Å². The van der Waals surface area contributed by atoms with E-state index in [-0.39, 0.29) is 11.8 Å². The summed E-state index contributed by atoms with van der Waals surface area (Å²) in [4.78, 5) is 27.0. The van der Waals surface area contributed by atoms with Gasteiger partial charge in [0, 0.05) is 18.7 Å². The maximum atomic E-state index is 12.9. The Balaban J connectivity index is 1.86. The summed E-state index contributed by atoms with van der Waals surface area (Å²) in [5.74, 6) is -0.235. The molecule has 1 saturated heterocycles. The molecule has 0 spiro atoms. The second kappa shape index (κ2) is 7.63. The third-order valence-electron chi connectivity index (χ3n) is 4.32. The van der Waals surface area contributed by atoms with Crippen molar-refractivity contribution in [3.8, 4) is 6.07 Å². The van der Waals surface area contributed by atoms with Gasteiger partial charge in [0.05, 0.1) is 11.6 Å². The number of rotatable bonds is 4. The fourth-order valence-electron chi connectivity index (χ4n) is 3.05. The number of piperidine rings is 1. The molecule has 2 aromatic carbocycles. The van der Waals surface area contributed by atoms with Crippen molar-refractivity contribution in [3.63, 3.8) is 0 Å². The largest absolute Gasteiger partial charge is 0.327 e. The lowest BCUT2D eigenvalue weighted by Crippen LogP contribution is -2.43. The van der Waals surface area contributed by atoms with Crippen LogP contribution in [0.3, 0.4) is 0 Å². The maximum Gasteiger partial charge on any atom is 0.251 e. The van der Waals surface area contributed by atoms with Gasteiger partial charge in [0.25, 0.3) is 5.91 Å². The Morgan fingerprint density at radius 3 is 2.44 bits per heavy atom. The summed E-state index contributed by atoms with van der Waals surface area (Å²) in [6.45, 7) is 0.583. The van der Waals surface area contributed by atoms with Gasteiger partial charge in [-0.25, -0.2) is 0 Å². The van der Waals surface area contributed by atoms with Crippen molar-refractivity contribution in [1.29, 1.82) is 5.26 Å². The highest BCUT2D eigenvalue weighted by Gasteiger charge is 2.32. The average molecular weight is 333 g/mol. The van der Waals surface area contributed by atoms with Crippen molar-refractivity contribution >= 4 is 17.5 Å². The van der Waals surface area contributed by atoms with E-state index in [1.54, 1.807) is 29.2 Å². The molecule has 2 aromatic rings. The standard InChI is InChI=1S/C20H19N3O2/c21-14-15-9-11-17(12-10-15)22-20(25)19(16-6-2-1-3-7-16)23-13-5-4-8-18(23)24/h1-3,6-7,9-12,19H,4-5,8,13H2,(H,22,25). The number of amides is 2. The molecular weight excluding hydrogens is 314 g/mol. The van der Waals surface area contributed by atoms with E-state index in [0.717, 1.165) is 18.4 Å². The summed E-state index contributed by atoms with van der Waals surface area (Å²) in [7, 11) is 0. The third kappa shape index (κ3) is 3.86. The second-order valence-electron chi connectivity index (χ2n) is 6.04. The molecule has 0 aliphatic carbocycles. The first-order chi connectivity index (χ1) is 12.2. The summed E-state index contributed by atoms with van der Waals surface area (Å²) < 4.78 is 0. The first-order valence-electron chi connectivity index (χ1n) is 8.34. The molecule has 1 fully saturated rings. The molecule has 1 heterocycles. The zero-order valence-corrected chi connectivity index (χ0v) is 13.8. The number of nitrogens with one attached hydrogen (secondary N) is 1. The second-order valence-corrected chi connectivity index (χ2v) is 6.04. The molecular formula is C20H19N3O2. The molecule has 1 N–H and O–H groups in total. The fourth-order valence-corrected chi connectivity index (χ4v) is 3.05. The van der Waals surface area contributed by atoms with E-state index in [4.69, 9.17) is 5.26 Å². The average Bonchev–Trinajstić information content (AvgIpc) is 2.65. The molecule has 0 radical (unpaired) electrons. The first kappa shape index (κ1) is 16.7. The fraction of sp³-hybridized carbons (Fsp3) is 0.250. The van der Waals surface area contributed by atoms with Crippen LogP contribution in [0.25, 0.3) is 0 Å². The minimum atomic E-state index is -0.648. The zero-order valence-electron chi connectivity index (χ0n) is 13.8. The predicted octanol–water partition coefficient (Wildman–Crippen LogP) is 3.25. The van der Waals surface area contributed by atoms with Crippen LogP contribution < -0.4 is 5.32 Å². The Morgan fingerprint density at radius 1 is 1.08 bits per heavy atom. The number of hydrogen-bond acceptors (Lipinski definition) is 3. The molecule has 0 bridgehead atoms. The quantitative estimate of drug-likeness (QED) is 0.933. The number of likely N-dealkylation sites (tertiary alicyclic amines) is 1. The van der Waals surface area contributed by atoms with Crippen molar-refractivity contribution < 1.29 is 9.59 Å². The highest BCUT2D eigenvalue weighted by molar-refractivity contribution is 5.98. The van der Waals surface area contributed by atoms with Gasteiger partial charge in [-0.05, 0) is 42.7 Å². The molecule has 5 heteroatoms. The van der Waals surface area contributed by atoms with E-state index < -0.39 is 6.04 Å². The summed E-state index contributed by atoms with van der Waals surface area (Å²) in [5.41, 5.74) is 1.93. The lowest BCUT2D eigenvalue weighted by Gasteiger charge is -2.34. The number of carbonyl (C=O) groups is 2. The third-order valence-corrected chi connectivity index (χ3v) is 4.32. The Bertz CT molecular complexity index is 794. The van der Waals surface area contributed by atoms with Gasteiger partial charge in [-0.1, -0.05) is 30.3 Å². The van der Waals surface area contributed by atoms with Crippen LogP contribution in [-0.4, -0.2) is 23.3 Å². The van der Waals surface area contributed by atoms with E-state index in [1.165, 1.54) is 0 Å². The van der Waals surface area contributed by atoms with Gasteiger partial charge in [0.15, 0.2) is 0 Å². The zero-order chi connectivity index (χ0) is 17.6. The van der Waals surface area contributed by atoms with Crippen LogP contribution in [0, 0.1) is 11.3 Å². The van der Waals surface area contributed by atoms with Gasteiger partial charge in [-0.15, -0.1) is 0 Å². The number of benzene rings is 2. The molecule has 1 aliphatic heterocycles. The Morgan fingerprint density at radius 2 is 1.80 bits per heavy atom. The van der Waals surface area contributed by atoms with Crippen LogP contribution >= 0.6 is 0 Å². The number of hydrogen-bond donors (Lipinski definition) is 1. The lowest BCUT2D eigenvalue weighted by molar-refractivity contribution is -0.141. The minimum absolute atomic E-state index is 0.00933. The Hall–Kier alpha value is -3.13. The number of anilines is 1. The minimum Gasteiger partial charge on any atom is -0.327 e. The molecule has 126 valence electrons. The summed E-state index contributed by atoms with van der Waals surface area (Å²) in [6.07, 6.45) is 2.25. The van der Waals surface area contributed by atoms with Gasteiger partial charge in [0.2, 0.25) is 5.91 Å². The van der Waals surface area contributed by atoms with Crippen molar-refractivity contribution in [2.24, 2.45) is 0 Å². The molecule has 2 amide bonds. The van der Waals surface area contributed by atoms with Gasteiger partial charge in [-0.2, -0.15) is 5.26 Å². The lowest BCUT2D eigenvalue weighted by atomic mass is 10.0. The van der Waals surface area contributed by atoms with Crippen LogP contribution in [0.4, 0.5) is 5.69 Å². The van der Waals surface area contributed by atoms with Crippen molar-refractivity contribution in [2.45, 2.75) is 25.3 Å². The monoisotopic (exact) mass is 333 g/mol. The number of nitriles is 1. The van der Waals surface area contributed by atoms with Crippen LogP contribution in [0.2, 0.25) is 0 Å². The van der Waals surface area contributed by atoms with Gasteiger partial charge in [0.1, 0.15) is 6.04 Å². The predicted molar refractivity (Wildman–Crippen MR) is 94.5 cm³/mol. The van der Waals surface area contributed by atoms with Gasteiger partial charge >= 0.3 is 0 Å². The normalized spacial score (nSPS) is 15.3. The molecule has 1 aliphatic rings. The molecule has 1 unspecified atom stereocenters. The Labute approximate surface area is 146 Å². The molecule has 5 nitrogen and oxygen atoms in total. The smallest absolute Gasteiger partial charge is 0.251 e. The highest BCUT2D eigenvalue weighted by Crippen LogP contribution is 2.27. The van der Waals surface area contributed by atoms with E-state index in [1.807, 2.05) is 36.4 Å². The van der Waals surface area contributed by atoms with E-state index >= 15 is 0 Å². The van der Waals surface area contributed by atoms with Crippen LogP contribution in [0.5, 0.6) is 0 Å². The molecule has 0 saturated carbocycles. The number of nitrogens with zero attached hydrogens (tertiary/aromatic N) is 2. The maximum absolute atomic E-state index is 12.9. The molecule has 1 atom stereocenters. The van der Waals surface area contributed by atoms with Gasteiger partial charge in [-0.3, -0.25) is 9.59 Å². The van der Waals surface area contributed by atoms with Crippen LogP contribution in [0.1, 0.15) is 36.4 Å². The molecule has 3 rings (SSSR count). The summed E-state index contributed by atoms with van der Waals surface area (Å²) in [5, 5.41) is 11.7. The van der Waals surface area contributed by atoms with E-state index in [9.17, 15) is 9.59 Å². The summed E-state index contributed by atoms with van der Waals surface area (Å²) >= 11 is 0. The van der Waals surface area contributed by atoms with E-state index in [2.05, 4.69) is 5.32 Å². The SMILES string of the molecule is N#Cc1ccc(NC(=O)C(c2ccccc2)N2CCCCC2=O)cc1. The molecule has 0 aromatic heterocycles. The summed E-state index contributed by atoms with van der Waals surface area (Å²) in [6, 6.07) is 17.4. The van der Waals surface area contributed by atoms with Crippen molar-refractivity contribution in [2.75, 3.05) is 11.9 Å². The van der Waals surface area contributed by atoms with E-state index in [0.29, 0.717) is 24.2 Å². The van der Waals surface area contributed by atoms with Crippen molar-refractivity contribution in [3.05, 3.63) is 65.7 Å². The Kier molecular flexibility index (Phi) is 5.10. The first-order valence-corrected chi connectivity index (χ1v) is 8.34. The van der Waals surface area contributed by atoms with Crippen molar-refractivity contribution in [1.82, 2.24) is 4.90 Å². The topological polar surface area (TPSA) is 73.2 Å². The molecule has 25 heavy (non-hydrogen) atoms. The van der Waals surface area contributed by atoms with Gasteiger partial charge < -0.3 is 10.2 Å².